The van der Waals surface area contributed by atoms with Crippen LogP contribution in [-0.4, -0.2) is 10.3 Å². The molecule has 0 radical (unpaired) electrons. The van der Waals surface area contributed by atoms with Crippen LogP contribution in [0.15, 0.2) is 84.2 Å². The molecule has 0 amide bonds. The van der Waals surface area contributed by atoms with Crippen molar-refractivity contribution in [2.75, 3.05) is 5.43 Å². The number of anilines is 1. The molecule has 0 aliphatic heterocycles. The Bertz CT molecular complexity index is 711. The molecule has 0 aliphatic carbocycles. The summed E-state index contributed by atoms with van der Waals surface area (Å²) in [5, 5.41) is 4.42. The summed E-state index contributed by atoms with van der Waals surface area (Å²) in [4.78, 5) is 0. The highest BCUT2D eigenvalue weighted by Gasteiger charge is 1.99. The van der Waals surface area contributed by atoms with Crippen LogP contribution in [-0.2, 0) is 0 Å². The van der Waals surface area contributed by atoms with E-state index in [0.29, 0.717) is 0 Å². The molecule has 0 atom stereocenters. The van der Waals surface area contributed by atoms with Crippen LogP contribution in [0.25, 0.3) is 5.69 Å². The predicted octanol–water partition coefficient (Wildman–Crippen LogP) is 4.31. The summed E-state index contributed by atoms with van der Waals surface area (Å²) < 4.78 is 2.08. The highest BCUT2D eigenvalue weighted by molar-refractivity contribution is 5.99. The topological polar surface area (TPSA) is 29.3 Å². The van der Waals surface area contributed by atoms with E-state index < -0.39 is 0 Å². The molecule has 0 spiro atoms. The van der Waals surface area contributed by atoms with Crippen LogP contribution in [0.4, 0.5) is 5.69 Å². The number of hydrazone groups is 1. The maximum absolute atomic E-state index is 4.42. The third kappa shape index (κ3) is 3.20. The molecular weight excluding hydrogens is 258 g/mol. The predicted molar refractivity (Wildman–Crippen MR) is 88.0 cm³/mol. The van der Waals surface area contributed by atoms with Crippen LogP contribution in [0.5, 0.6) is 0 Å². The molecule has 3 heteroatoms. The molecule has 1 aromatic heterocycles. The highest BCUT2D eigenvalue weighted by atomic mass is 15.3. The van der Waals surface area contributed by atoms with Crippen molar-refractivity contribution in [2.45, 2.75) is 6.92 Å². The Labute approximate surface area is 124 Å². The van der Waals surface area contributed by atoms with Crippen molar-refractivity contribution in [1.82, 2.24) is 4.57 Å². The van der Waals surface area contributed by atoms with Gasteiger partial charge in [0.15, 0.2) is 0 Å². The molecule has 104 valence electrons. The van der Waals surface area contributed by atoms with Crippen LogP contribution < -0.4 is 5.43 Å². The van der Waals surface area contributed by atoms with E-state index in [-0.39, 0.29) is 0 Å². The van der Waals surface area contributed by atoms with Crippen molar-refractivity contribution < 1.29 is 0 Å². The van der Waals surface area contributed by atoms with Gasteiger partial charge in [-0.3, -0.25) is 5.43 Å². The Morgan fingerprint density at radius 1 is 0.857 bits per heavy atom. The minimum atomic E-state index is 0.956. The number of hydrogen-bond acceptors (Lipinski definition) is 2. The summed E-state index contributed by atoms with van der Waals surface area (Å²) in [6.07, 6.45) is 4.07. The molecule has 1 N–H and O–H groups in total. The van der Waals surface area contributed by atoms with Gasteiger partial charge in [0.1, 0.15) is 0 Å². The van der Waals surface area contributed by atoms with Gasteiger partial charge in [-0.15, -0.1) is 0 Å². The van der Waals surface area contributed by atoms with Crippen molar-refractivity contribution in [3.63, 3.8) is 0 Å². The van der Waals surface area contributed by atoms with Gasteiger partial charge in [-0.05, 0) is 48.9 Å². The third-order valence-electron chi connectivity index (χ3n) is 3.31. The van der Waals surface area contributed by atoms with Crippen molar-refractivity contribution in [1.29, 1.82) is 0 Å². The van der Waals surface area contributed by atoms with E-state index in [1.807, 2.05) is 61.8 Å². The quantitative estimate of drug-likeness (QED) is 0.558. The summed E-state index contributed by atoms with van der Waals surface area (Å²) in [5.41, 5.74) is 7.26. The van der Waals surface area contributed by atoms with Crippen molar-refractivity contribution >= 4 is 11.4 Å². The van der Waals surface area contributed by atoms with E-state index >= 15 is 0 Å². The summed E-state index contributed by atoms with van der Waals surface area (Å²) in [6.45, 7) is 2.00. The molecule has 0 unspecified atom stereocenters. The van der Waals surface area contributed by atoms with E-state index in [9.17, 15) is 0 Å². The highest BCUT2D eigenvalue weighted by Crippen LogP contribution is 2.11. The second kappa shape index (κ2) is 6.09. The molecule has 0 saturated carbocycles. The van der Waals surface area contributed by atoms with Crippen LogP contribution in [0.2, 0.25) is 0 Å². The molecule has 21 heavy (non-hydrogen) atoms. The number of rotatable bonds is 4. The van der Waals surface area contributed by atoms with Gasteiger partial charge in [-0.1, -0.05) is 30.3 Å². The molecule has 0 saturated heterocycles. The Morgan fingerprint density at radius 3 is 2.19 bits per heavy atom. The van der Waals surface area contributed by atoms with Crippen molar-refractivity contribution in [3.8, 4) is 5.69 Å². The van der Waals surface area contributed by atoms with Crippen LogP contribution in [0, 0.1) is 0 Å². The Balaban J connectivity index is 1.74. The lowest BCUT2D eigenvalue weighted by molar-refractivity contribution is 1.08. The van der Waals surface area contributed by atoms with Crippen LogP contribution in [0.1, 0.15) is 12.5 Å². The van der Waals surface area contributed by atoms with E-state index in [4.69, 9.17) is 0 Å². The largest absolute Gasteiger partial charge is 0.324 e. The lowest BCUT2D eigenvalue weighted by Gasteiger charge is -2.06. The van der Waals surface area contributed by atoms with E-state index in [1.165, 1.54) is 0 Å². The summed E-state index contributed by atoms with van der Waals surface area (Å²) in [6, 6.07) is 22.3. The zero-order chi connectivity index (χ0) is 14.5. The summed E-state index contributed by atoms with van der Waals surface area (Å²) in [7, 11) is 0. The molecule has 1 heterocycles. The van der Waals surface area contributed by atoms with Gasteiger partial charge in [-0.2, -0.15) is 5.10 Å². The minimum Gasteiger partial charge on any atom is -0.324 e. The SMILES string of the molecule is C/C(=N\Nc1ccccc1)c1ccc(-n2cccc2)cc1. The maximum atomic E-state index is 4.42. The Morgan fingerprint density at radius 2 is 1.52 bits per heavy atom. The van der Waals surface area contributed by atoms with Crippen LogP contribution >= 0.6 is 0 Å². The normalized spacial score (nSPS) is 11.4. The van der Waals surface area contributed by atoms with Gasteiger partial charge < -0.3 is 4.57 Å². The number of hydrogen-bond donors (Lipinski definition) is 1. The molecule has 3 rings (SSSR count). The molecule has 3 nitrogen and oxygen atoms in total. The summed E-state index contributed by atoms with van der Waals surface area (Å²) in [5.74, 6) is 0. The van der Waals surface area contributed by atoms with E-state index in [0.717, 1.165) is 22.6 Å². The average molecular weight is 275 g/mol. The fraction of sp³-hybridized carbons (Fsp3) is 0.0556. The van der Waals surface area contributed by atoms with Crippen LogP contribution in [0.3, 0.4) is 0 Å². The van der Waals surface area contributed by atoms with Crippen molar-refractivity contribution in [3.05, 3.63) is 84.7 Å². The number of benzene rings is 2. The van der Waals surface area contributed by atoms with E-state index in [2.05, 4.69) is 39.4 Å². The molecular formula is C18H17N3. The van der Waals surface area contributed by atoms with Gasteiger partial charge >= 0.3 is 0 Å². The van der Waals surface area contributed by atoms with Gasteiger partial charge in [0.05, 0.1) is 11.4 Å². The second-order valence-electron chi connectivity index (χ2n) is 4.81. The fourth-order valence-corrected chi connectivity index (χ4v) is 2.11. The fourth-order valence-electron chi connectivity index (χ4n) is 2.11. The smallest absolute Gasteiger partial charge is 0.0648 e. The van der Waals surface area contributed by atoms with Gasteiger partial charge in [-0.25, -0.2) is 0 Å². The first-order valence-electron chi connectivity index (χ1n) is 6.92. The second-order valence-corrected chi connectivity index (χ2v) is 4.81. The number of para-hydroxylation sites is 1. The maximum Gasteiger partial charge on any atom is 0.0648 e. The molecule has 0 bridgehead atoms. The first-order valence-corrected chi connectivity index (χ1v) is 6.92. The number of nitrogens with zero attached hydrogens (tertiary/aromatic N) is 2. The zero-order valence-electron chi connectivity index (χ0n) is 11.9. The lowest BCUT2D eigenvalue weighted by atomic mass is 10.1. The first kappa shape index (κ1) is 13.2. The van der Waals surface area contributed by atoms with E-state index in [1.54, 1.807) is 0 Å². The molecule has 0 fully saturated rings. The Kier molecular flexibility index (Phi) is 3.83. The third-order valence-corrected chi connectivity index (χ3v) is 3.31. The molecule has 0 aliphatic rings. The molecule has 2 aromatic carbocycles. The monoisotopic (exact) mass is 275 g/mol. The lowest BCUT2D eigenvalue weighted by Crippen LogP contribution is -2.00. The van der Waals surface area contributed by atoms with Crippen molar-refractivity contribution in [2.24, 2.45) is 5.10 Å². The van der Waals surface area contributed by atoms with Gasteiger partial charge in [0.25, 0.3) is 0 Å². The van der Waals surface area contributed by atoms with Gasteiger partial charge in [0, 0.05) is 18.1 Å². The number of aromatic nitrogens is 1. The first-order chi connectivity index (χ1) is 10.3. The zero-order valence-corrected chi connectivity index (χ0v) is 11.9. The van der Waals surface area contributed by atoms with Gasteiger partial charge in [0.2, 0.25) is 0 Å². The minimum absolute atomic E-state index is 0.956. The standard InChI is InChI=1S/C18H17N3/c1-15(19-20-17-7-3-2-4-8-17)16-9-11-18(12-10-16)21-13-5-6-14-21/h2-14,20H,1H3/b19-15+. The molecule has 3 aromatic rings. The average Bonchev–Trinajstić information content (AvgIpc) is 3.08. The Hall–Kier alpha value is -2.81. The number of nitrogens with one attached hydrogen (secondary N) is 1. The summed E-state index contributed by atoms with van der Waals surface area (Å²) >= 11 is 0.